The number of thioether (sulfide) groups is 1. The molecule has 2 aromatic carbocycles. The van der Waals surface area contributed by atoms with Crippen LogP contribution >= 0.6 is 11.8 Å². The van der Waals surface area contributed by atoms with Crippen LogP contribution in [0.2, 0.25) is 0 Å². The number of rotatable bonds is 9. The average Bonchev–Trinajstić information content (AvgIpc) is 3.31. The van der Waals surface area contributed by atoms with Crippen molar-refractivity contribution in [3.63, 3.8) is 0 Å². The molecule has 35 heavy (non-hydrogen) atoms. The molecule has 0 aliphatic heterocycles. The van der Waals surface area contributed by atoms with Crippen molar-refractivity contribution in [3.05, 3.63) is 88.9 Å². The lowest BCUT2D eigenvalue weighted by atomic mass is 10.1. The smallest absolute Gasteiger partial charge is 0.270 e. The van der Waals surface area contributed by atoms with E-state index in [2.05, 4.69) is 20.6 Å². The van der Waals surface area contributed by atoms with Gasteiger partial charge in [0.1, 0.15) is 6.04 Å². The molecule has 4 aromatic rings. The maximum Gasteiger partial charge on any atom is 0.270 e. The second-order valence-electron chi connectivity index (χ2n) is 7.63. The van der Waals surface area contributed by atoms with E-state index in [4.69, 9.17) is 0 Å². The molecule has 0 fully saturated rings. The van der Waals surface area contributed by atoms with Gasteiger partial charge >= 0.3 is 0 Å². The Morgan fingerprint density at radius 3 is 2.69 bits per heavy atom. The van der Waals surface area contributed by atoms with Gasteiger partial charge in [-0.25, -0.2) is 9.97 Å². The first-order valence-corrected chi connectivity index (χ1v) is 12.1. The summed E-state index contributed by atoms with van der Waals surface area (Å²) in [6.45, 7) is 0. The van der Waals surface area contributed by atoms with Crippen LogP contribution in [0.4, 0.5) is 11.4 Å². The summed E-state index contributed by atoms with van der Waals surface area (Å²) < 4.78 is 1.82. The first kappa shape index (κ1) is 23.9. The number of benzene rings is 2. The van der Waals surface area contributed by atoms with Gasteiger partial charge in [-0.05, 0) is 42.7 Å². The third-order valence-electron chi connectivity index (χ3n) is 5.24. The molecule has 2 aromatic heterocycles. The SMILES string of the molecule is CSCCC(NC(=O)c1cccc([N+](=O)[O-])c1)C(=O)Nc1ccc(-c2cn3cccnc3n2)cc1. The number of hydrogen-bond donors (Lipinski definition) is 2. The van der Waals surface area contributed by atoms with Gasteiger partial charge in [0.05, 0.1) is 10.6 Å². The Balaban J connectivity index is 1.45. The Hall–Kier alpha value is -4.25. The minimum atomic E-state index is -0.807. The van der Waals surface area contributed by atoms with Crippen molar-refractivity contribution in [1.29, 1.82) is 0 Å². The summed E-state index contributed by atoms with van der Waals surface area (Å²) in [7, 11) is 0. The van der Waals surface area contributed by atoms with Gasteiger partial charge < -0.3 is 10.6 Å². The molecule has 0 radical (unpaired) electrons. The number of carbonyl (C=O) groups is 2. The van der Waals surface area contributed by atoms with E-state index in [1.807, 2.05) is 41.2 Å². The van der Waals surface area contributed by atoms with Gasteiger partial charge in [-0.1, -0.05) is 18.2 Å². The van der Waals surface area contributed by atoms with Crippen LogP contribution in [-0.4, -0.2) is 49.2 Å². The van der Waals surface area contributed by atoms with Crippen molar-refractivity contribution in [2.45, 2.75) is 12.5 Å². The summed E-state index contributed by atoms with van der Waals surface area (Å²) in [5.74, 6) is 0.318. The number of carbonyl (C=O) groups excluding carboxylic acids is 2. The standard InChI is InChI=1S/C24H22N6O4S/c1-35-13-10-20(27-22(31)17-4-2-5-19(14-17)30(33)34)23(32)26-18-8-6-16(7-9-18)21-15-29-12-3-11-25-24(29)28-21/h2-9,11-12,14-15,20H,10,13H2,1H3,(H,26,32)(H,27,31). The fourth-order valence-electron chi connectivity index (χ4n) is 3.43. The molecule has 2 N–H and O–H groups in total. The molecule has 0 aliphatic carbocycles. The third kappa shape index (κ3) is 5.82. The zero-order valence-corrected chi connectivity index (χ0v) is 19.6. The maximum atomic E-state index is 13.0. The quantitative estimate of drug-likeness (QED) is 0.269. The van der Waals surface area contributed by atoms with E-state index in [1.165, 1.54) is 24.3 Å². The summed E-state index contributed by atoms with van der Waals surface area (Å²) in [4.78, 5) is 44.8. The molecule has 0 aliphatic rings. The van der Waals surface area contributed by atoms with E-state index in [1.54, 1.807) is 30.1 Å². The zero-order chi connectivity index (χ0) is 24.8. The van der Waals surface area contributed by atoms with E-state index in [-0.39, 0.29) is 17.2 Å². The molecule has 0 saturated carbocycles. The highest BCUT2D eigenvalue weighted by molar-refractivity contribution is 7.98. The Morgan fingerprint density at radius 1 is 1.17 bits per heavy atom. The molecule has 0 saturated heterocycles. The molecule has 178 valence electrons. The fraction of sp³-hybridized carbons (Fsp3) is 0.167. The van der Waals surface area contributed by atoms with Crippen molar-refractivity contribution in [1.82, 2.24) is 19.7 Å². The molecule has 11 heteroatoms. The summed E-state index contributed by atoms with van der Waals surface area (Å²) in [5, 5.41) is 16.5. The molecule has 4 rings (SSSR count). The van der Waals surface area contributed by atoms with E-state index in [9.17, 15) is 19.7 Å². The summed E-state index contributed by atoms with van der Waals surface area (Å²) in [6.07, 6.45) is 7.73. The number of nitro groups is 1. The Bertz CT molecular complexity index is 1340. The minimum Gasteiger partial charge on any atom is -0.340 e. The number of nitrogens with zero attached hydrogens (tertiary/aromatic N) is 4. The lowest BCUT2D eigenvalue weighted by molar-refractivity contribution is -0.384. The van der Waals surface area contributed by atoms with Crippen molar-refractivity contribution in [3.8, 4) is 11.3 Å². The van der Waals surface area contributed by atoms with Crippen LogP contribution in [0, 0.1) is 10.1 Å². The molecule has 2 heterocycles. The number of hydrogen-bond acceptors (Lipinski definition) is 7. The molecular formula is C24H22N6O4S. The average molecular weight is 491 g/mol. The number of non-ortho nitro benzene ring substituents is 1. The van der Waals surface area contributed by atoms with Crippen LogP contribution in [0.3, 0.4) is 0 Å². The number of nitrogens with one attached hydrogen (secondary N) is 2. The predicted molar refractivity (Wildman–Crippen MR) is 134 cm³/mol. The number of nitro benzene ring substituents is 1. The van der Waals surface area contributed by atoms with Crippen LogP contribution in [0.1, 0.15) is 16.8 Å². The number of amides is 2. The summed E-state index contributed by atoms with van der Waals surface area (Å²) in [6, 6.07) is 13.6. The van der Waals surface area contributed by atoms with Crippen molar-refractivity contribution < 1.29 is 14.5 Å². The van der Waals surface area contributed by atoms with Gasteiger partial charge in [-0.3, -0.25) is 24.1 Å². The van der Waals surface area contributed by atoms with Gasteiger partial charge in [0.15, 0.2) is 0 Å². The third-order valence-corrected chi connectivity index (χ3v) is 5.88. The van der Waals surface area contributed by atoms with Crippen LogP contribution in [0.25, 0.3) is 17.0 Å². The molecule has 10 nitrogen and oxygen atoms in total. The lowest BCUT2D eigenvalue weighted by Gasteiger charge is -2.18. The Morgan fingerprint density at radius 2 is 1.97 bits per heavy atom. The largest absolute Gasteiger partial charge is 0.340 e. The van der Waals surface area contributed by atoms with Crippen molar-refractivity contribution in [2.24, 2.45) is 0 Å². The molecule has 0 spiro atoms. The molecule has 2 amide bonds. The van der Waals surface area contributed by atoms with Gasteiger partial charge in [-0.15, -0.1) is 0 Å². The Labute approximate surface area is 204 Å². The van der Waals surface area contributed by atoms with Crippen LogP contribution in [0.15, 0.2) is 73.2 Å². The van der Waals surface area contributed by atoms with E-state index < -0.39 is 16.9 Å². The highest BCUT2D eigenvalue weighted by atomic mass is 32.2. The highest BCUT2D eigenvalue weighted by Crippen LogP contribution is 2.21. The first-order valence-electron chi connectivity index (χ1n) is 10.7. The van der Waals surface area contributed by atoms with Crippen molar-refractivity contribution >= 4 is 40.7 Å². The number of aromatic nitrogens is 3. The lowest BCUT2D eigenvalue weighted by Crippen LogP contribution is -2.44. The Kier molecular flexibility index (Phi) is 7.36. The predicted octanol–water partition coefficient (Wildman–Crippen LogP) is 3.79. The maximum absolute atomic E-state index is 13.0. The van der Waals surface area contributed by atoms with Crippen LogP contribution < -0.4 is 10.6 Å². The number of fused-ring (bicyclic) bond motifs is 1. The zero-order valence-electron chi connectivity index (χ0n) is 18.7. The topological polar surface area (TPSA) is 132 Å². The van der Waals surface area contributed by atoms with E-state index >= 15 is 0 Å². The summed E-state index contributed by atoms with van der Waals surface area (Å²) in [5.41, 5.74) is 2.12. The van der Waals surface area contributed by atoms with Gasteiger partial charge in [0.2, 0.25) is 11.7 Å². The fourth-order valence-corrected chi connectivity index (χ4v) is 3.90. The van der Waals surface area contributed by atoms with Crippen LogP contribution in [0.5, 0.6) is 0 Å². The molecule has 0 bridgehead atoms. The van der Waals surface area contributed by atoms with E-state index in [0.29, 0.717) is 23.6 Å². The van der Waals surface area contributed by atoms with Crippen LogP contribution in [-0.2, 0) is 4.79 Å². The first-order chi connectivity index (χ1) is 16.9. The second kappa shape index (κ2) is 10.8. The second-order valence-corrected chi connectivity index (χ2v) is 8.62. The normalized spacial score (nSPS) is 11.7. The van der Waals surface area contributed by atoms with Crippen molar-refractivity contribution in [2.75, 3.05) is 17.3 Å². The summed E-state index contributed by atoms with van der Waals surface area (Å²) >= 11 is 1.55. The van der Waals surface area contributed by atoms with Gasteiger partial charge in [0.25, 0.3) is 11.6 Å². The van der Waals surface area contributed by atoms with Gasteiger partial charge in [-0.2, -0.15) is 11.8 Å². The molecule has 1 atom stereocenters. The molecular weight excluding hydrogens is 468 g/mol. The monoisotopic (exact) mass is 490 g/mol. The van der Waals surface area contributed by atoms with E-state index in [0.717, 1.165) is 11.3 Å². The minimum absolute atomic E-state index is 0.118. The molecule has 1 unspecified atom stereocenters. The number of anilines is 1. The number of imidazole rings is 1. The van der Waals surface area contributed by atoms with Gasteiger partial charge in [0, 0.05) is 47.5 Å². The highest BCUT2D eigenvalue weighted by Gasteiger charge is 2.22.